The van der Waals surface area contributed by atoms with Gasteiger partial charge in [-0.05, 0) is 12.0 Å². The molecule has 2 heterocycles. The van der Waals surface area contributed by atoms with Crippen molar-refractivity contribution < 1.29 is 4.79 Å². The van der Waals surface area contributed by atoms with Crippen LogP contribution in [0.5, 0.6) is 0 Å². The van der Waals surface area contributed by atoms with Gasteiger partial charge in [0.15, 0.2) is 0 Å². The van der Waals surface area contributed by atoms with E-state index in [9.17, 15) is 4.79 Å². The first kappa shape index (κ1) is 12.3. The maximum Gasteiger partial charge on any atom is 0.229 e. The molecule has 0 aliphatic heterocycles. The van der Waals surface area contributed by atoms with Gasteiger partial charge in [-0.25, -0.2) is 0 Å². The molecule has 2 rings (SSSR count). The van der Waals surface area contributed by atoms with Crippen molar-refractivity contribution in [1.82, 2.24) is 19.6 Å². The van der Waals surface area contributed by atoms with Gasteiger partial charge >= 0.3 is 0 Å². The Bertz CT molecular complexity index is 555. The van der Waals surface area contributed by atoms with Crippen molar-refractivity contribution in [2.24, 2.45) is 14.1 Å². The van der Waals surface area contributed by atoms with Crippen molar-refractivity contribution in [2.75, 3.05) is 5.32 Å². The van der Waals surface area contributed by atoms with Crippen LogP contribution in [0, 0.1) is 0 Å². The fourth-order valence-electron chi connectivity index (χ4n) is 1.84. The van der Waals surface area contributed by atoms with Gasteiger partial charge in [-0.15, -0.1) is 0 Å². The lowest BCUT2D eigenvalue weighted by Crippen LogP contribution is -2.14. The van der Waals surface area contributed by atoms with Crippen LogP contribution >= 0.6 is 0 Å². The Morgan fingerprint density at radius 1 is 1.33 bits per heavy atom. The summed E-state index contributed by atoms with van der Waals surface area (Å²) in [7, 11) is 3.67. The highest BCUT2D eigenvalue weighted by molar-refractivity contribution is 5.92. The van der Waals surface area contributed by atoms with Gasteiger partial charge in [-0.2, -0.15) is 10.2 Å². The topological polar surface area (TPSA) is 64.7 Å². The summed E-state index contributed by atoms with van der Waals surface area (Å²) in [6.45, 7) is 2.01. The van der Waals surface area contributed by atoms with Crippen LogP contribution in [0.2, 0.25) is 0 Å². The molecule has 0 unspecified atom stereocenters. The molecule has 0 aromatic carbocycles. The number of hydrogen-bond acceptors (Lipinski definition) is 3. The molecule has 6 nitrogen and oxygen atoms in total. The number of aromatic nitrogens is 4. The third-order valence-electron chi connectivity index (χ3n) is 2.64. The maximum atomic E-state index is 11.9. The van der Waals surface area contributed by atoms with E-state index in [0.29, 0.717) is 6.42 Å². The fraction of sp³-hybridized carbons (Fsp3) is 0.417. The predicted molar refractivity (Wildman–Crippen MR) is 68.1 cm³/mol. The molecule has 0 bridgehead atoms. The zero-order chi connectivity index (χ0) is 13.1. The maximum absolute atomic E-state index is 11.9. The largest absolute Gasteiger partial charge is 0.323 e. The second-order valence-electron chi connectivity index (χ2n) is 4.26. The number of anilines is 1. The number of carbonyl (C=O) groups excluding carboxylic acids is 1. The van der Waals surface area contributed by atoms with Gasteiger partial charge in [0.1, 0.15) is 0 Å². The Balaban J connectivity index is 2.02. The van der Waals surface area contributed by atoms with E-state index in [1.165, 1.54) is 0 Å². The van der Waals surface area contributed by atoms with Gasteiger partial charge in [-0.3, -0.25) is 14.2 Å². The monoisotopic (exact) mass is 247 g/mol. The number of aryl methyl sites for hydroxylation is 3. The average Bonchev–Trinajstić information content (AvgIpc) is 2.85. The number of carbonyl (C=O) groups is 1. The Labute approximate surface area is 106 Å². The van der Waals surface area contributed by atoms with Gasteiger partial charge in [0.2, 0.25) is 5.91 Å². The molecule has 0 atom stereocenters. The van der Waals surface area contributed by atoms with Gasteiger partial charge in [-0.1, -0.05) is 6.92 Å². The molecule has 1 N–H and O–H groups in total. The molecule has 2 aromatic heterocycles. The summed E-state index contributed by atoms with van der Waals surface area (Å²) in [5, 5.41) is 11.2. The highest BCUT2D eigenvalue weighted by Gasteiger charge is 2.10. The van der Waals surface area contributed by atoms with E-state index in [1.54, 1.807) is 15.6 Å². The van der Waals surface area contributed by atoms with Gasteiger partial charge in [0.05, 0.1) is 24.0 Å². The minimum absolute atomic E-state index is 0.0503. The van der Waals surface area contributed by atoms with E-state index in [4.69, 9.17) is 0 Å². The molecule has 0 radical (unpaired) electrons. The third-order valence-corrected chi connectivity index (χ3v) is 2.64. The van der Waals surface area contributed by atoms with Crippen LogP contribution in [-0.4, -0.2) is 25.5 Å². The summed E-state index contributed by atoms with van der Waals surface area (Å²) in [5.41, 5.74) is 2.59. The van der Waals surface area contributed by atoms with Crippen LogP contribution in [0.15, 0.2) is 18.6 Å². The minimum Gasteiger partial charge on any atom is -0.323 e. The van der Waals surface area contributed by atoms with Crippen LogP contribution in [0.1, 0.15) is 18.2 Å². The van der Waals surface area contributed by atoms with Crippen LogP contribution in [0.4, 0.5) is 5.69 Å². The Morgan fingerprint density at radius 2 is 2.11 bits per heavy atom. The molecule has 0 aliphatic carbocycles. The molecule has 1 amide bonds. The minimum atomic E-state index is -0.0503. The van der Waals surface area contributed by atoms with Crippen molar-refractivity contribution >= 4 is 11.6 Å². The smallest absolute Gasteiger partial charge is 0.229 e. The molecule has 0 spiro atoms. The van der Waals surface area contributed by atoms with Gasteiger partial charge in [0.25, 0.3) is 0 Å². The molecule has 6 heteroatoms. The molecular weight excluding hydrogens is 230 g/mol. The third kappa shape index (κ3) is 2.77. The van der Waals surface area contributed by atoms with E-state index in [1.807, 2.05) is 33.4 Å². The lowest BCUT2D eigenvalue weighted by atomic mass is 10.2. The first-order chi connectivity index (χ1) is 8.58. The number of nitrogens with one attached hydrogen (secondary N) is 1. The van der Waals surface area contributed by atoms with Crippen LogP contribution < -0.4 is 5.32 Å². The van der Waals surface area contributed by atoms with Crippen LogP contribution in [-0.2, 0) is 31.7 Å². The van der Waals surface area contributed by atoms with Crippen molar-refractivity contribution in [3.8, 4) is 0 Å². The van der Waals surface area contributed by atoms with E-state index in [0.717, 1.165) is 23.4 Å². The van der Waals surface area contributed by atoms with Crippen molar-refractivity contribution in [3.63, 3.8) is 0 Å². The van der Waals surface area contributed by atoms with Gasteiger partial charge in [0, 0.05) is 26.5 Å². The standard InChI is InChI=1S/C12H17N5O/c1-4-10-11(8-17(3)15-10)14-12(18)5-9-6-13-16(2)7-9/h6-8H,4-5H2,1-3H3,(H,14,18). The average molecular weight is 247 g/mol. The van der Waals surface area contributed by atoms with Crippen LogP contribution in [0.25, 0.3) is 0 Å². The van der Waals surface area contributed by atoms with E-state index >= 15 is 0 Å². The molecule has 0 fully saturated rings. The first-order valence-electron chi connectivity index (χ1n) is 5.88. The van der Waals surface area contributed by atoms with E-state index < -0.39 is 0 Å². The second-order valence-corrected chi connectivity index (χ2v) is 4.26. The molecule has 2 aromatic rings. The lowest BCUT2D eigenvalue weighted by molar-refractivity contribution is -0.115. The normalized spacial score (nSPS) is 10.6. The summed E-state index contributed by atoms with van der Waals surface area (Å²) in [4.78, 5) is 11.9. The SMILES string of the molecule is CCc1nn(C)cc1NC(=O)Cc1cnn(C)c1. The molecule has 0 saturated heterocycles. The Hall–Kier alpha value is -2.11. The van der Waals surface area contributed by atoms with Crippen molar-refractivity contribution in [3.05, 3.63) is 29.8 Å². The molecular formula is C12H17N5O. The molecule has 18 heavy (non-hydrogen) atoms. The summed E-state index contributed by atoms with van der Waals surface area (Å²) in [6.07, 6.45) is 6.47. The zero-order valence-electron chi connectivity index (χ0n) is 10.8. The van der Waals surface area contributed by atoms with E-state index in [2.05, 4.69) is 15.5 Å². The summed E-state index contributed by atoms with van der Waals surface area (Å²) < 4.78 is 3.39. The Morgan fingerprint density at radius 3 is 2.72 bits per heavy atom. The van der Waals surface area contributed by atoms with E-state index in [-0.39, 0.29) is 5.91 Å². The predicted octanol–water partition coefficient (Wildman–Crippen LogP) is 0.897. The summed E-state index contributed by atoms with van der Waals surface area (Å²) in [5.74, 6) is -0.0503. The van der Waals surface area contributed by atoms with Crippen LogP contribution in [0.3, 0.4) is 0 Å². The highest BCUT2D eigenvalue weighted by Crippen LogP contribution is 2.14. The highest BCUT2D eigenvalue weighted by atomic mass is 16.1. The summed E-state index contributed by atoms with van der Waals surface area (Å²) in [6, 6.07) is 0. The number of rotatable bonds is 4. The molecule has 96 valence electrons. The Kier molecular flexibility index (Phi) is 3.45. The molecule has 0 saturated carbocycles. The lowest BCUT2D eigenvalue weighted by Gasteiger charge is -2.02. The fourth-order valence-corrected chi connectivity index (χ4v) is 1.84. The zero-order valence-corrected chi connectivity index (χ0v) is 10.8. The van der Waals surface area contributed by atoms with Gasteiger partial charge < -0.3 is 5.32 Å². The molecule has 0 aliphatic rings. The number of amides is 1. The quantitative estimate of drug-likeness (QED) is 0.873. The number of hydrogen-bond donors (Lipinski definition) is 1. The van der Waals surface area contributed by atoms with Crippen molar-refractivity contribution in [2.45, 2.75) is 19.8 Å². The first-order valence-corrected chi connectivity index (χ1v) is 5.88. The van der Waals surface area contributed by atoms with Crippen molar-refractivity contribution in [1.29, 1.82) is 0 Å². The summed E-state index contributed by atoms with van der Waals surface area (Å²) >= 11 is 0. The second kappa shape index (κ2) is 5.03. The number of nitrogens with zero attached hydrogens (tertiary/aromatic N) is 4.